The summed E-state index contributed by atoms with van der Waals surface area (Å²) < 4.78 is 13.2. The Balaban J connectivity index is 2.16. The molecule has 1 aromatic carbocycles. The molecule has 0 bridgehead atoms. The zero-order chi connectivity index (χ0) is 10.9. The fourth-order valence-electron chi connectivity index (χ4n) is 1.36. The van der Waals surface area contributed by atoms with Gasteiger partial charge in [-0.15, -0.1) is 12.3 Å². The van der Waals surface area contributed by atoms with Gasteiger partial charge in [0.05, 0.1) is 0 Å². The highest BCUT2D eigenvalue weighted by molar-refractivity contribution is 5.17. The first-order chi connectivity index (χ1) is 7.34. The van der Waals surface area contributed by atoms with Crippen LogP contribution in [0.15, 0.2) is 24.3 Å². The fraction of sp³-hybridized carbons (Fsp3) is 0.385. The van der Waals surface area contributed by atoms with Gasteiger partial charge >= 0.3 is 0 Å². The maximum Gasteiger partial charge on any atom is 0.126 e. The van der Waals surface area contributed by atoms with Gasteiger partial charge in [-0.2, -0.15) is 0 Å². The van der Waals surface area contributed by atoms with E-state index in [4.69, 9.17) is 6.42 Å². The molecule has 0 spiro atoms. The van der Waals surface area contributed by atoms with Crippen LogP contribution < -0.4 is 5.32 Å². The van der Waals surface area contributed by atoms with Crippen molar-refractivity contribution in [2.45, 2.75) is 19.3 Å². The van der Waals surface area contributed by atoms with Crippen LogP contribution in [-0.4, -0.2) is 13.1 Å². The van der Waals surface area contributed by atoms with E-state index in [-0.39, 0.29) is 5.82 Å². The molecular weight excluding hydrogens is 189 g/mol. The van der Waals surface area contributed by atoms with Crippen molar-refractivity contribution >= 4 is 0 Å². The number of nitrogens with one attached hydrogen (secondary N) is 1. The van der Waals surface area contributed by atoms with Crippen molar-refractivity contribution in [3.8, 4) is 12.3 Å². The Kier molecular flexibility index (Phi) is 5.50. The number of terminal acetylenes is 1. The molecule has 0 saturated carbocycles. The summed E-state index contributed by atoms with van der Waals surface area (Å²) in [6.45, 7) is 1.70. The standard InChI is InChI=1S/C13H16FN/c1-2-3-6-10-15-11-9-12-7-4-5-8-13(12)14/h1,4-5,7-8,15H,3,6,9-11H2. The molecule has 0 aliphatic heterocycles. The summed E-state index contributed by atoms with van der Waals surface area (Å²) in [5.74, 6) is 2.46. The van der Waals surface area contributed by atoms with Crippen molar-refractivity contribution in [3.63, 3.8) is 0 Å². The summed E-state index contributed by atoms with van der Waals surface area (Å²) in [4.78, 5) is 0. The second-order valence-corrected chi connectivity index (χ2v) is 3.40. The zero-order valence-corrected chi connectivity index (χ0v) is 8.80. The Hall–Kier alpha value is -1.33. The van der Waals surface area contributed by atoms with Gasteiger partial charge in [-0.1, -0.05) is 18.2 Å². The van der Waals surface area contributed by atoms with Crippen molar-refractivity contribution in [2.75, 3.05) is 13.1 Å². The van der Waals surface area contributed by atoms with Crippen molar-refractivity contribution in [1.29, 1.82) is 0 Å². The van der Waals surface area contributed by atoms with Crippen LogP contribution in [0.2, 0.25) is 0 Å². The summed E-state index contributed by atoms with van der Waals surface area (Å²) >= 11 is 0. The van der Waals surface area contributed by atoms with Crippen LogP contribution in [0.4, 0.5) is 4.39 Å². The predicted octanol–water partition coefficient (Wildman–Crippen LogP) is 2.37. The molecule has 0 saturated heterocycles. The number of hydrogen-bond acceptors (Lipinski definition) is 1. The molecule has 0 aliphatic carbocycles. The summed E-state index contributed by atoms with van der Waals surface area (Å²) in [5, 5.41) is 3.23. The first-order valence-electron chi connectivity index (χ1n) is 5.22. The van der Waals surface area contributed by atoms with Crippen molar-refractivity contribution in [1.82, 2.24) is 5.32 Å². The quantitative estimate of drug-likeness (QED) is 0.555. The molecular formula is C13H16FN. The number of halogens is 1. The first-order valence-corrected chi connectivity index (χ1v) is 5.22. The van der Waals surface area contributed by atoms with E-state index in [1.807, 2.05) is 12.1 Å². The first kappa shape index (κ1) is 11.7. The maximum absolute atomic E-state index is 13.2. The molecule has 1 nitrogen and oxygen atoms in total. The van der Waals surface area contributed by atoms with E-state index in [0.29, 0.717) is 0 Å². The average Bonchev–Trinajstić information content (AvgIpc) is 2.25. The Bertz CT molecular complexity index is 328. The van der Waals surface area contributed by atoms with Gasteiger partial charge < -0.3 is 5.32 Å². The monoisotopic (exact) mass is 205 g/mol. The molecule has 0 aliphatic rings. The van der Waals surface area contributed by atoms with Crippen LogP contribution in [0.25, 0.3) is 0 Å². The second kappa shape index (κ2) is 7.03. The predicted molar refractivity (Wildman–Crippen MR) is 61.0 cm³/mol. The van der Waals surface area contributed by atoms with Crippen LogP contribution in [-0.2, 0) is 6.42 Å². The topological polar surface area (TPSA) is 12.0 Å². The van der Waals surface area contributed by atoms with E-state index >= 15 is 0 Å². The van der Waals surface area contributed by atoms with Gasteiger partial charge in [-0.25, -0.2) is 4.39 Å². The summed E-state index contributed by atoms with van der Waals surface area (Å²) in [7, 11) is 0. The number of rotatable bonds is 6. The van der Waals surface area contributed by atoms with Crippen LogP contribution in [0, 0.1) is 18.2 Å². The lowest BCUT2D eigenvalue weighted by Gasteiger charge is -2.04. The molecule has 0 fully saturated rings. The molecule has 15 heavy (non-hydrogen) atoms. The van der Waals surface area contributed by atoms with Crippen molar-refractivity contribution in [2.24, 2.45) is 0 Å². The molecule has 1 aromatic rings. The summed E-state index contributed by atoms with van der Waals surface area (Å²) in [6.07, 6.45) is 7.63. The van der Waals surface area contributed by atoms with Gasteiger partial charge in [0, 0.05) is 6.42 Å². The molecule has 0 radical (unpaired) electrons. The molecule has 0 aromatic heterocycles. The van der Waals surface area contributed by atoms with E-state index in [1.54, 1.807) is 6.07 Å². The highest BCUT2D eigenvalue weighted by Gasteiger charge is 1.98. The third-order valence-electron chi connectivity index (χ3n) is 2.20. The van der Waals surface area contributed by atoms with Crippen molar-refractivity contribution in [3.05, 3.63) is 35.6 Å². The minimum absolute atomic E-state index is 0.122. The van der Waals surface area contributed by atoms with Gasteiger partial charge in [-0.05, 0) is 37.6 Å². The SMILES string of the molecule is C#CCCCNCCc1ccccc1F. The zero-order valence-electron chi connectivity index (χ0n) is 8.80. The largest absolute Gasteiger partial charge is 0.316 e. The summed E-state index contributed by atoms with van der Waals surface area (Å²) in [5.41, 5.74) is 0.766. The highest BCUT2D eigenvalue weighted by Crippen LogP contribution is 2.05. The van der Waals surface area contributed by atoms with E-state index in [9.17, 15) is 4.39 Å². The third kappa shape index (κ3) is 4.62. The maximum atomic E-state index is 13.2. The Morgan fingerprint density at radius 1 is 1.27 bits per heavy atom. The summed E-state index contributed by atoms with van der Waals surface area (Å²) in [6, 6.07) is 6.88. The average molecular weight is 205 g/mol. The molecule has 2 heteroatoms. The van der Waals surface area contributed by atoms with E-state index < -0.39 is 0 Å². The van der Waals surface area contributed by atoms with Crippen LogP contribution in [0.3, 0.4) is 0 Å². The molecule has 0 heterocycles. The van der Waals surface area contributed by atoms with E-state index in [1.165, 1.54) is 6.07 Å². The molecule has 0 unspecified atom stereocenters. The van der Waals surface area contributed by atoms with Crippen LogP contribution in [0.5, 0.6) is 0 Å². The highest BCUT2D eigenvalue weighted by atomic mass is 19.1. The molecule has 1 rings (SSSR count). The Morgan fingerprint density at radius 3 is 2.80 bits per heavy atom. The molecule has 80 valence electrons. The van der Waals surface area contributed by atoms with Crippen molar-refractivity contribution < 1.29 is 4.39 Å². The lowest BCUT2D eigenvalue weighted by Crippen LogP contribution is -2.18. The van der Waals surface area contributed by atoms with Gasteiger partial charge in [0.15, 0.2) is 0 Å². The van der Waals surface area contributed by atoms with Gasteiger partial charge in [0.1, 0.15) is 5.82 Å². The van der Waals surface area contributed by atoms with Gasteiger partial charge in [-0.3, -0.25) is 0 Å². The number of hydrogen-bond donors (Lipinski definition) is 1. The Morgan fingerprint density at radius 2 is 2.07 bits per heavy atom. The van der Waals surface area contributed by atoms with E-state index in [2.05, 4.69) is 11.2 Å². The van der Waals surface area contributed by atoms with Gasteiger partial charge in [0.2, 0.25) is 0 Å². The normalized spacial score (nSPS) is 9.87. The van der Waals surface area contributed by atoms with Gasteiger partial charge in [0.25, 0.3) is 0 Å². The lowest BCUT2D eigenvalue weighted by molar-refractivity contribution is 0.595. The molecule has 1 N–H and O–H groups in total. The third-order valence-corrected chi connectivity index (χ3v) is 2.20. The molecule has 0 amide bonds. The second-order valence-electron chi connectivity index (χ2n) is 3.40. The number of benzene rings is 1. The minimum atomic E-state index is -0.122. The number of unbranched alkanes of at least 4 members (excludes halogenated alkanes) is 1. The molecule has 0 atom stereocenters. The minimum Gasteiger partial charge on any atom is -0.316 e. The fourth-order valence-corrected chi connectivity index (χ4v) is 1.36. The van der Waals surface area contributed by atoms with Crippen LogP contribution in [0.1, 0.15) is 18.4 Å². The smallest absolute Gasteiger partial charge is 0.126 e. The van der Waals surface area contributed by atoms with Crippen LogP contribution >= 0.6 is 0 Å². The Labute approximate surface area is 90.7 Å². The van der Waals surface area contributed by atoms with E-state index in [0.717, 1.165) is 37.9 Å². The lowest BCUT2D eigenvalue weighted by atomic mass is 10.1.